The zero-order chi connectivity index (χ0) is 14.8. The predicted octanol–water partition coefficient (Wildman–Crippen LogP) is 2.64. The highest BCUT2D eigenvalue weighted by atomic mass is 15.2. The maximum Gasteiger partial charge on any atom is 0.0396 e. The molecule has 0 bridgehead atoms. The molecule has 0 spiro atoms. The molecular formula is C18H29N3. The molecule has 1 saturated carbocycles. The molecule has 3 nitrogen and oxygen atoms in total. The minimum atomic E-state index is 0.626. The zero-order valence-electron chi connectivity index (χ0n) is 13.7. The highest BCUT2D eigenvalue weighted by molar-refractivity contribution is 5.56. The van der Waals surface area contributed by atoms with Crippen LogP contribution in [0.5, 0.6) is 0 Å². The summed E-state index contributed by atoms with van der Waals surface area (Å²) in [6.45, 7) is 5.58. The van der Waals surface area contributed by atoms with E-state index < -0.39 is 0 Å². The van der Waals surface area contributed by atoms with Crippen LogP contribution in [0, 0.1) is 0 Å². The van der Waals surface area contributed by atoms with E-state index in [9.17, 15) is 0 Å². The molecule has 1 N–H and O–H groups in total. The first-order valence-electron chi connectivity index (χ1n) is 8.41. The largest absolute Gasteiger partial charge is 0.374 e. The Hall–Kier alpha value is -1.06. The minimum absolute atomic E-state index is 0.626. The predicted molar refractivity (Wildman–Crippen MR) is 90.0 cm³/mol. The van der Waals surface area contributed by atoms with E-state index in [1.54, 1.807) is 0 Å². The second kappa shape index (κ2) is 6.37. The Bertz CT molecular complexity index is 481. The number of nitrogens with zero attached hydrogens (tertiary/aromatic N) is 2. The van der Waals surface area contributed by atoms with Crippen LogP contribution >= 0.6 is 0 Å². The number of hydrogen-bond acceptors (Lipinski definition) is 3. The van der Waals surface area contributed by atoms with Gasteiger partial charge < -0.3 is 10.2 Å². The number of aryl methyl sites for hydroxylation is 1. The lowest BCUT2D eigenvalue weighted by Crippen LogP contribution is -2.38. The second-order valence-electron chi connectivity index (χ2n) is 6.86. The van der Waals surface area contributed by atoms with Crippen molar-refractivity contribution in [1.29, 1.82) is 0 Å². The van der Waals surface area contributed by atoms with Crippen LogP contribution < -0.4 is 10.2 Å². The molecule has 0 amide bonds. The molecular weight excluding hydrogens is 258 g/mol. The highest BCUT2D eigenvalue weighted by Gasteiger charge is 2.28. The number of rotatable bonds is 6. The van der Waals surface area contributed by atoms with Gasteiger partial charge in [-0.15, -0.1) is 0 Å². The van der Waals surface area contributed by atoms with Crippen molar-refractivity contribution in [2.45, 2.75) is 51.2 Å². The first-order valence-corrected chi connectivity index (χ1v) is 8.41. The van der Waals surface area contributed by atoms with E-state index in [1.807, 2.05) is 0 Å². The third-order valence-electron chi connectivity index (χ3n) is 5.08. The van der Waals surface area contributed by atoms with E-state index in [0.29, 0.717) is 6.04 Å². The third kappa shape index (κ3) is 3.58. The summed E-state index contributed by atoms with van der Waals surface area (Å²) in [5.41, 5.74) is 4.36. The molecule has 1 aliphatic carbocycles. The van der Waals surface area contributed by atoms with Crippen LogP contribution in [0.2, 0.25) is 0 Å². The lowest BCUT2D eigenvalue weighted by Gasteiger charge is -2.28. The molecule has 1 atom stereocenters. The summed E-state index contributed by atoms with van der Waals surface area (Å²) in [5, 5.41) is 3.63. The number of likely N-dealkylation sites (N-methyl/N-ethyl adjacent to an activating group) is 1. The summed E-state index contributed by atoms with van der Waals surface area (Å²) in [4.78, 5) is 4.90. The summed E-state index contributed by atoms with van der Waals surface area (Å²) < 4.78 is 0. The Balaban J connectivity index is 1.51. The molecule has 1 aromatic carbocycles. The van der Waals surface area contributed by atoms with E-state index >= 15 is 0 Å². The molecule has 1 aliphatic heterocycles. The second-order valence-corrected chi connectivity index (χ2v) is 6.86. The van der Waals surface area contributed by atoms with Gasteiger partial charge in [0.2, 0.25) is 0 Å². The van der Waals surface area contributed by atoms with Gasteiger partial charge in [0.05, 0.1) is 0 Å². The van der Waals surface area contributed by atoms with Crippen LogP contribution in [0.25, 0.3) is 0 Å². The van der Waals surface area contributed by atoms with Crippen molar-refractivity contribution in [2.75, 3.05) is 32.1 Å². The topological polar surface area (TPSA) is 18.5 Å². The minimum Gasteiger partial charge on any atom is -0.374 e. The van der Waals surface area contributed by atoms with Crippen molar-refractivity contribution < 1.29 is 0 Å². The van der Waals surface area contributed by atoms with Crippen molar-refractivity contribution >= 4 is 5.69 Å². The lowest BCUT2D eigenvalue weighted by atomic mass is 9.99. The average Bonchev–Trinajstić information content (AvgIpc) is 3.31. The van der Waals surface area contributed by atoms with Crippen molar-refractivity contribution in [1.82, 2.24) is 10.2 Å². The summed E-state index contributed by atoms with van der Waals surface area (Å²) in [6, 6.07) is 8.45. The maximum atomic E-state index is 3.63. The fourth-order valence-electron chi connectivity index (χ4n) is 3.36. The lowest BCUT2D eigenvalue weighted by molar-refractivity contribution is 0.241. The van der Waals surface area contributed by atoms with E-state index in [2.05, 4.69) is 54.3 Å². The van der Waals surface area contributed by atoms with Crippen LogP contribution in [0.4, 0.5) is 5.69 Å². The van der Waals surface area contributed by atoms with Gasteiger partial charge >= 0.3 is 0 Å². The molecule has 1 fully saturated rings. The fraction of sp³-hybridized carbons (Fsp3) is 0.667. The molecule has 3 rings (SSSR count). The van der Waals surface area contributed by atoms with Crippen molar-refractivity contribution in [2.24, 2.45) is 0 Å². The van der Waals surface area contributed by atoms with Crippen LogP contribution in [-0.2, 0) is 13.0 Å². The standard InChI is InChI=1S/C18H29N3/c1-14(21(3)17-7-8-17)12-19-13-15-6-9-18-16(11-15)5-4-10-20(18)2/h6,9,11,14,17,19H,4-5,7-8,10,12-13H2,1-3H3. The summed E-state index contributed by atoms with van der Waals surface area (Å²) in [5.74, 6) is 0. The molecule has 116 valence electrons. The maximum absolute atomic E-state index is 3.63. The van der Waals surface area contributed by atoms with Gasteiger partial charge in [0.15, 0.2) is 0 Å². The molecule has 2 aliphatic rings. The SMILES string of the molecule is CC(CNCc1ccc2c(c1)CCCN2C)N(C)C1CC1. The third-order valence-corrected chi connectivity index (χ3v) is 5.08. The van der Waals surface area contributed by atoms with E-state index in [1.165, 1.54) is 49.0 Å². The molecule has 1 unspecified atom stereocenters. The number of hydrogen-bond donors (Lipinski definition) is 1. The van der Waals surface area contributed by atoms with E-state index in [4.69, 9.17) is 0 Å². The Morgan fingerprint density at radius 2 is 2.19 bits per heavy atom. The Morgan fingerprint density at radius 3 is 2.95 bits per heavy atom. The van der Waals surface area contributed by atoms with Gasteiger partial charge in [0.25, 0.3) is 0 Å². The Kier molecular flexibility index (Phi) is 4.51. The normalized spacial score (nSPS) is 19.7. The van der Waals surface area contributed by atoms with Crippen molar-refractivity contribution in [3.05, 3.63) is 29.3 Å². The van der Waals surface area contributed by atoms with Gasteiger partial charge in [0.1, 0.15) is 0 Å². The Labute approximate surface area is 129 Å². The summed E-state index contributed by atoms with van der Waals surface area (Å²) in [6.07, 6.45) is 5.29. The van der Waals surface area contributed by atoms with Gasteiger partial charge in [0, 0.05) is 44.5 Å². The van der Waals surface area contributed by atoms with Gasteiger partial charge in [-0.25, -0.2) is 0 Å². The number of fused-ring (bicyclic) bond motifs is 1. The van der Waals surface area contributed by atoms with Crippen LogP contribution in [0.1, 0.15) is 37.3 Å². The molecule has 0 saturated heterocycles. The monoisotopic (exact) mass is 287 g/mol. The van der Waals surface area contributed by atoms with Crippen LogP contribution in [0.15, 0.2) is 18.2 Å². The quantitative estimate of drug-likeness (QED) is 0.868. The first kappa shape index (κ1) is 14.9. The first-order chi connectivity index (χ1) is 10.1. The number of anilines is 1. The summed E-state index contributed by atoms with van der Waals surface area (Å²) >= 11 is 0. The Morgan fingerprint density at radius 1 is 1.38 bits per heavy atom. The number of benzene rings is 1. The molecule has 1 aromatic rings. The van der Waals surface area contributed by atoms with Crippen molar-refractivity contribution in [3.8, 4) is 0 Å². The molecule has 1 heterocycles. The van der Waals surface area contributed by atoms with Gasteiger partial charge in [-0.3, -0.25) is 4.90 Å². The molecule has 21 heavy (non-hydrogen) atoms. The van der Waals surface area contributed by atoms with Gasteiger partial charge in [-0.05, 0) is 56.8 Å². The van der Waals surface area contributed by atoms with Gasteiger partial charge in [-0.2, -0.15) is 0 Å². The van der Waals surface area contributed by atoms with E-state index in [0.717, 1.165) is 19.1 Å². The highest BCUT2D eigenvalue weighted by Crippen LogP contribution is 2.27. The van der Waals surface area contributed by atoms with Crippen LogP contribution in [0.3, 0.4) is 0 Å². The van der Waals surface area contributed by atoms with Crippen molar-refractivity contribution in [3.63, 3.8) is 0 Å². The molecule has 0 aromatic heterocycles. The number of nitrogens with one attached hydrogen (secondary N) is 1. The smallest absolute Gasteiger partial charge is 0.0396 e. The zero-order valence-corrected chi connectivity index (χ0v) is 13.7. The summed E-state index contributed by atoms with van der Waals surface area (Å²) in [7, 11) is 4.46. The molecule has 3 heteroatoms. The van der Waals surface area contributed by atoms with Gasteiger partial charge in [-0.1, -0.05) is 12.1 Å². The van der Waals surface area contributed by atoms with E-state index in [-0.39, 0.29) is 0 Å². The van der Waals surface area contributed by atoms with Crippen LogP contribution in [-0.4, -0.2) is 44.2 Å². The fourth-order valence-corrected chi connectivity index (χ4v) is 3.36. The average molecular weight is 287 g/mol. The molecule has 0 radical (unpaired) electrons.